The summed E-state index contributed by atoms with van der Waals surface area (Å²) in [5.74, 6) is 2.63. The number of methoxy groups -OCH3 is 2. The van der Waals surface area contributed by atoms with Crippen LogP contribution in [0.3, 0.4) is 0 Å². The van der Waals surface area contributed by atoms with Gasteiger partial charge in [0.1, 0.15) is 11.5 Å². The lowest BCUT2D eigenvalue weighted by atomic mass is 9.79. The van der Waals surface area contributed by atoms with Crippen LogP contribution >= 0.6 is 0 Å². The van der Waals surface area contributed by atoms with E-state index >= 15 is 0 Å². The van der Waals surface area contributed by atoms with Crippen LogP contribution in [0.4, 0.5) is 11.4 Å². The molecule has 2 aliphatic heterocycles. The van der Waals surface area contributed by atoms with Gasteiger partial charge in [0.05, 0.1) is 14.2 Å². The summed E-state index contributed by atoms with van der Waals surface area (Å²) in [6.07, 6.45) is 12.1. The minimum absolute atomic E-state index is 0.707. The summed E-state index contributed by atoms with van der Waals surface area (Å²) >= 11 is 0. The Hall–Kier alpha value is -3.01. The van der Waals surface area contributed by atoms with Crippen LogP contribution in [0.1, 0.15) is 36.8 Å². The minimum Gasteiger partial charge on any atom is -0.497 e. The molecule has 2 aliphatic carbocycles. The van der Waals surface area contributed by atoms with E-state index in [0.29, 0.717) is 5.92 Å². The molecule has 1 unspecified atom stereocenters. The monoisotopic (exact) mass is 427 g/mol. The molecule has 1 atom stereocenters. The lowest BCUT2D eigenvalue weighted by molar-refractivity contribution is -0.429. The second-order valence-corrected chi connectivity index (χ2v) is 9.34. The van der Waals surface area contributed by atoms with Gasteiger partial charge in [0, 0.05) is 48.5 Å². The van der Waals surface area contributed by atoms with Crippen LogP contribution in [0.5, 0.6) is 11.5 Å². The van der Waals surface area contributed by atoms with Crippen molar-refractivity contribution >= 4 is 17.1 Å². The molecule has 4 aliphatic rings. The van der Waals surface area contributed by atoms with Gasteiger partial charge < -0.3 is 14.4 Å². The Morgan fingerprint density at radius 2 is 1.62 bits per heavy atom. The van der Waals surface area contributed by atoms with E-state index in [4.69, 9.17) is 9.47 Å². The average Bonchev–Trinajstić information content (AvgIpc) is 3.46. The number of rotatable bonds is 3. The smallest absolute Gasteiger partial charge is 0.209 e. The molecule has 164 valence electrons. The zero-order valence-electron chi connectivity index (χ0n) is 19.1. The first kappa shape index (κ1) is 19.7. The van der Waals surface area contributed by atoms with E-state index in [1.165, 1.54) is 65.2 Å². The molecule has 0 saturated carbocycles. The summed E-state index contributed by atoms with van der Waals surface area (Å²) in [5.41, 5.74) is 10.0. The third-order valence-corrected chi connectivity index (χ3v) is 7.69. The summed E-state index contributed by atoms with van der Waals surface area (Å²) in [6, 6.07) is 13.1. The number of allylic oxidation sites excluding steroid dienone is 4. The number of fused-ring (bicyclic) bond motifs is 3. The normalized spacial score (nSPS) is 23.8. The van der Waals surface area contributed by atoms with Gasteiger partial charge in [-0.05, 0) is 79.1 Å². The molecule has 0 radical (unpaired) electrons. The van der Waals surface area contributed by atoms with E-state index in [1.54, 1.807) is 14.2 Å². The number of hydrogen-bond donors (Lipinski definition) is 0. The molecule has 4 nitrogen and oxygen atoms in total. The summed E-state index contributed by atoms with van der Waals surface area (Å²) in [4.78, 5) is 2.54. The third kappa shape index (κ3) is 3.24. The molecule has 0 amide bonds. The maximum absolute atomic E-state index is 5.43. The standard InChI is InChI=1S/C28H31N2O2/c1-31-25-7-9-27-20(17-25)11-13-29(27)23-5-3-19-4-6-24(16-22(19)15-23)30-14-12-21-18-26(32-2)8-10-28(21)30/h7-10,15-19H,3-6,11-14H2,1-2H3/q+1. The average molecular weight is 428 g/mol. The van der Waals surface area contributed by atoms with Gasteiger partial charge in [-0.15, -0.1) is 0 Å². The molecular formula is C28H31N2O2+. The van der Waals surface area contributed by atoms with Gasteiger partial charge >= 0.3 is 0 Å². The van der Waals surface area contributed by atoms with E-state index in [-0.39, 0.29) is 0 Å². The van der Waals surface area contributed by atoms with E-state index in [9.17, 15) is 0 Å². The molecule has 2 aromatic carbocycles. The van der Waals surface area contributed by atoms with Crippen molar-refractivity contribution < 1.29 is 14.0 Å². The molecule has 0 N–H and O–H groups in total. The highest BCUT2D eigenvalue weighted by Crippen LogP contribution is 2.41. The Kier molecular flexibility index (Phi) is 4.82. The van der Waals surface area contributed by atoms with Crippen molar-refractivity contribution in [2.45, 2.75) is 38.5 Å². The number of anilines is 1. The topological polar surface area (TPSA) is 24.7 Å². The van der Waals surface area contributed by atoms with Gasteiger partial charge in [-0.3, -0.25) is 0 Å². The van der Waals surface area contributed by atoms with Crippen LogP contribution in [0.15, 0.2) is 59.8 Å². The van der Waals surface area contributed by atoms with Crippen LogP contribution in [0.2, 0.25) is 0 Å². The largest absolute Gasteiger partial charge is 0.497 e. The quantitative estimate of drug-likeness (QED) is 0.611. The molecule has 0 bridgehead atoms. The Balaban J connectivity index is 1.33. The van der Waals surface area contributed by atoms with Crippen LogP contribution in [-0.4, -0.2) is 37.6 Å². The molecule has 0 aromatic heterocycles. The molecule has 4 heteroatoms. The first-order valence-corrected chi connectivity index (χ1v) is 11.9. The van der Waals surface area contributed by atoms with Gasteiger partial charge in [-0.2, -0.15) is 4.58 Å². The molecular weight excluding hydrogens is 396 g/mol. The first-order valence-electron chi connectivity index (χ1n) is 11.9. The highest BCUT2D eigenvalue weighted by Gasteiger charge is 2.33. The number of hydrogen-bond acceptors (Lipinski definition) is 3. The molecule has 0 saturated heterocycles. The molecule has 2 heterocycles. The number of ether oxygens (including phenoxy) is 2. The van der Waals surface area contributed by atoms with Crippen molar-refractivity contribution in [2.24, 2.45) is 5.92 Å². The minimum atomic E-state index is 0.707. The van der Waals surface area contributed by atoms with E-state index in [1.807, 2.05) is 0 Å². The van der Waals surface area contributed by atoms with Crippen molar-refractivity contribution in [3.63, 3.8) is 0 Å². The molecule has 0 spiro atoms. The van der Waals surface area contributed by atoms with Crippen LogP contribution in [-0.2, 0) is 12.8 Å². The van der Waals surface area contributed by atoms with E-state index in [0.717, 1.165) is 37.4 Å². The van der Waals surface area contributed by atoms with Gasteiger partial charge in [-0.1, -0.05) is 0 Å². The zero-order chi connectivity index (χ0) is 21.7. The van der Waals surface area contributed by atoms with Crippen LogP contribution in [0, 0.1) is 5.92 Å². The van der Waals surface area contributed by atoms with Gasteiger partial charge in [0.2, 0.25) is 5.69 Å². The highest BCUT2D eigenvalue weighted by atomic mass is 16.5. The fourth-order valence-corrected chi connectivity index (χ4v) is 5.96. The Morgan fingerprint density at radius 3 is 2.47 bits per heavy atom. The fraction of sp³-hybridized carbons (Fsp3) is 0.393. The van der Waals surface area contributed by atoms with E-state index < -0.39 is 0 Å². The van der Waals surface area contributed by atoms with Gasteiger partial charge in [-0.25, -0.2) is 0 Å². The zero-order valence-corrected chi connectivity index (χ0v) is 19.1. The Labute approximate surface area is 190 Å². The maximum atomic E-state index is 5.43. The predicted octanol–water partition coefficient (Wildman–Crippen LogP) is 5.42. The lowest BCUT2D eigenvalue weighted by Crippen LogP contribution is -2.27. The van der Waals surface area contributed by atoms with Crippen LogP contribution in [0.25, 0.3) is 0 Å². The molecule has 2 aromatic rings. The van der Waals surface area contributed by atoms with Crippen molar-refractivity contribution in [3.8, 4) is 11.5 Å². The summed E-state index contributed by atoms with van der Waals surface area (Å²) < 4.78 is 13.4. The summed E-state index contributed by atoms with van der Waals surface area (Å²) in [6.45, 7) is 2.15. The predicted molar refractivity (Wildman–Crippen MR) is 129 cm³/mol. The van der Waals surface area contributed by atoms with Gasteiger partial charge in [0.25, 0.3) is 0 Å². The highest BCUT2D eigenvalue weighted by molar-refractivity contribution is 5.94. The second kappa shape index (κ2) is 7.84. The van der Waals surface area contributed by atoms with Crippen molar-refractivity contribution in [1.82, 2.24) is 0 Å². The second-order valence-electron chi connectivity index (χ2n) is 9.34. The van der Waals surface area contributed by atoms with Gasteiger partial charge in [0.15, 0.2) is 12.3 Å². The van der Waals surface area contributed by atoms with E-state index in [2.05, 4.69) is 58.0 Å². The Morgan fingerprint density at radius 1 is 0.844 bits per heavy atom. The summed E-state index contributed by atoms with van der Waals surface area (Å²) in [7, 11) is 3.49. The maximum Gasteiger partial charge on any atom is 0.209 e. The number of benzene rings is 2. The molecule has 6 rings (SSSR count). The van der Waals surface area contributed by atoms with Crippen molar-refractivity contribution in [3.05, 3.63) is 70.9 Å². The SMILES string of the molecule is COc1ccc2c(c1)CCN2C1=CC2=CC(=[N+]3CCc4cc(OC)ccc43)CCC2CC1. The first-order chi connectivity index (χ1) is 15.7. The van der Waals surface area contributed by atoms with Crippen molar-refractivity contribution in [1.29, 1.82) is 0 Å². The lowest BCUT2D eigenvalue weighted by Gasteiger charge is -2.32. The molecule has 0 fully saturated rings. The molecule has 32 heavy (non-hydrogen) atoms. The third-order valence-electron chi connectivity index (χ3n) is 7.69. The number of nitrogens with zero attached hydrogens (tertiary/aromatic N) is 2. The fourth-order valence-electron chi connectivity index (χ4n) is 5.96. The van der Waals surface area contributed by atoms with Crippen molar-refractivity contribution in [2.75, 3.05) is 32.2 Å². The summed E-state index contributed by atoms with van der Waals surface area (Å²) in [5, 5.41) is 0. The van der Waals surface area contributed by atoms with Crippen LogP contribution < -0.4 is 14.4 Å². The Bertz CT molecular complexity index is 1170.